The van der Waals surface area contributed by atoms with E-state index < -0.39 is 17.4 Å². The van der Waals surface area contributed by atoms with E-state index in [1.54, 1.807) is 6.92 Å². The van der Waals surface area contributed by atoms with Crippen LogP contribution in [0.5, 0.6) is 0 Å². The van der Waals surface area contributed by atoms with Gasteiger partial charge in [-0.3, -0.25) is 9.59 Å². The van der Waals surface area contributed by atoms with Crippen LogP contribution >= 0.6 is 11.3 Å². The van der Waals surface area contributed by atoms with Crippen molar-refractivity contribution in [3.05, 3.63) is 44.0 Å². The molecule has 2 aromatic heterocycles. The van der Waals surface area contributed by atoms with Crippen LogP contribution in [-0.2, 0) is 6.54 Å². The van der Waals surface area contributed by atoms with Crippen molar-refractivity contribution in [2.45, 2.75) is 13.5 Å². The summed E-state index contributed by atoms with van der Waals surface area (Å²) in [4.78, 5) is 43.6. The zero-order chi connectivity index (χ0) is 14.7. The van der Waals surface area contributed by atoms with Gasteiger partial charge >= 0.3 is 5.97 Å². The van der Waals surface area contributed by atoms with Gasteiger partial charge < -0.3 is 15.4 Å². The van der Waals surface area contributed by atoms with Crippen LogP contribution in [0.25, 0.3) is 0 Å². The SMILES string of the molecule is Cc1nc(CNC(=O)c2c[nH]c(=O)cn2)sc1C(=O)O. The average molecular weight is 294 g/mol. The average Bonchev–Trinajstić information content (AvgIpc) is 2.78. The van der Waals surface area contributed by atoms with Gasteiger partial charge in [0.1, 0.15) is 15.6 Å². The Morgan fingerprint density at radius 3 is 2.80 bits per heavy atom. The predicted molar refractivity (Wildman–Crippen MR) is 69.8 cm³/mol. The van der Waals surface area contributed by atoms with Crippen LogP contribution in [0.15, 0.2) is 17.2 Å². The van der Waals surface area contributed by atoms with Crippen molar-refractivity contribution in [2.24, 2.45) is 0 Å². The number of aromatic carboxylic acids is 1. The molecule has 2 aromatic rings. The number of amides is 1. The largest absolute Gasteiger partial charge is 0.477 e. The fraction of sp³-hybridized carbons (Fsp3) is 0.182. The van der Waals surface area contributed by atoms with Crippen LogP contribution in [0.4, 0.5) is 0 Å². The molecule has 1 amide bonds. The molecule has 9 heteroatoms. The maximum atomic E-state index is 11.7. The van der Waals surface area contributed by atoms with E-state index in [4.69, 9.17) is 5.11 Å². The third-order valence-electron chi connectivity index (χ3n) is 2.34. The molecule has 0 fully saturated rings. The highest BCUT2D eigenvalue weighted by atomic mass is 32.1. The molecule has 20 heavy (non-hydrogen) atoms. The summed E-state index contributed by atoms with van der Waals surface area (Å²) in [6, 6.07) is 0. The number of aromatic amines is 1. The molecular formula is C11H10N4O4S. The van der Waals surface area contributed by atoms with Gasteiger partial charge in [0.05, 0.1) is 18.4 Å². The molecule has 0 aromatic carbocycles. The van der Waals surface area contributed by atoms with Crippen molar-refractivity contribution in [1.82, 2.24) is 20.3 Å². The molecule has 0 atom stereocenters. The molecule has 0 saturated carbocycles. The number of thiazole rings is 1. The van der Waals surface area contributed by atoms with Gasteiger partial charge in [0.25, 0.3) is 11.5 Å². The lowest BCUT2D eigenvalue weighted by molar-refractivity contribution is 0.0701. The number of rotatable bonds is 4. The first-order valence-electron chi connectivity index (χ1n) is 5.50. The number of nitrogens with one attached hydrogen (secondary N) is 2. The number of carbonyl (C=O) groups excluding carboxylic acids is 1. The predicted octanol–water partition coefficient (Wildman–Crippen LogP) is 0.163. The third-order valence-corrected chi connectivity index (χ3v) is 3.49. The molecule has 0 aliphatic rings. The Balaban J connectivity index is 2.03. The number of H-pyrrole nitrogens is 1. The number of carbonyl (C=O) groups is 2. The Labute approximate surface area is 116 Å². The first kappa shape index (κ1) is 13.9. The highest BCUT2D eigenvalue weighted by Gasteiger charge is 2.15. The summed E-state index contributed by atoms with van der Waals surface area (Å²) in [7, 11) is 0. The van der Waals surface area contributed by atoms with Crippen LogP contribution in [0, 0.1) is 6.92 Å². The van der Waals surface area contributed by atoms with Crippen LogP contribution in [-0.4, -0.2) is 31.9 Å². The second-order valence-electron chi connectivity index (χ2n) is 3.81. The van der Waals surface area contributed by atoms with Crippen molar-refractivity contribution in [2.75, 3.05) is 0 Å². The van der Waals surface area contributed by atoms with Gasteiger partial charge in [0.2, 0.25) is 0 Å². The Kier molecular flexibility index (Phi) is 3.89. The molecule has 3 N–H and O–H groups in total. The topological polar surface area (TPSA) is 125 Å². The molecule has 0 saturated heterocycles. The van der Waals surface area contributed by atoms with Crippen molar-refractivity contribution < 1.29 is 14.7 Å². The van der Waals surface area contributed by atoms with E-state index in [1.807, 2.05) is 0 Å². The maximum absolute atomic E-state index is 11.7. The Morgan fingerprint density at radius 1 is 1.50 bits per heavy atom. The summed E-state index contributed by atoms with van der Waals surface area (Å²) in [6.45, 7) is 1.69. The Bertz CT molecular complexity index is 701. The van der Waals surface area contributed by atoms with Gasteiger partial charge in [-0.15, -0.1) is 11.3 Å². The Hall–Kier alpha value is -2.55. The molecule has 104 valence electrons. The molecule has 2 rings (SSSR count). The minimum absolute atomic E-state index is 0.0661. The number of aryl methyl sites for hydroxylation is 1. The molecule has 0 bridgehead atoms. The summed E-state index contributed by atoms with van der Waals surface area (Å²) < 4.78 is 0. The van der Waals surface area contributed by atoms with Crippen molar-refractivity contribution in [1.29, 1.82) is 0 Å². The lowest BCUT2D eigenvalue weighted by Gasteiger charge is -2.01. The van der Waals surface area contributed by atoms with Gasteiger partial charge in [0, 0.05) is 6.20 Å². The minimum atomic E-state index is -1.04. The van der Waals surface area contributed by atoms with Gasteiger partial charge in [-0.1, -0.05) is 0 Å². The molecule has 8 nitrogen and oxygen atoms in total. The van der Waals surface area contributed by atoms with Crippen LogP contribution in [0.1, 0.15) is 30.9 Å². The standard InChI is InChI=1S/C11H10N4O4S/c1-5-9(11(18)19)20-8(15-5)4-14-10(17)6-2-13-7(16)3-12-6/h2-3H,4H2,1H3,(H,13,16)(H,14,17)(H,18,19). The normalized spacial score (nSPS) is 10.2. The van der Waals surface area contributed by atoms with Crippen molar-refractivity contribution in [3.8, 4) is 0 Å². The number of aromatic nitrogens is 3. The summed E-state index contributed by atoms with van der Waals surface area (Å²) >= 11 is 1.00. The fourth-order valence-electron chi connectivity index (χ4n) is 1.44. The number of carboxylic acids is 1. The lowest BCUT2D eigenvalue weighted by atomic mass is 10.4. The van der Waals surface area contributed by atoms with Crippen LogP contribution in [0.2, 0.25) is 0 Å². The molecule has 0 unspecified atom stereocenters. The van der Waals surface area contributed by atoms with E-state index in [-0.39, 0.29) is 17.1 Å². The molecule has 0 radical (unpaired) electrons. The highest BCUT2D eigenvalue weighted by Crippen LogP contribution is 2.17. The first-order chi connectivity index (χ1) is 9.47. The van der Waals surface area contributed by atoms with E-state index in [0.717, 1.165) is 17.5 Å². The molecule has 0 aliphatic heterocycles. The van der Waals surface area contributed by atoms with Gasteiger partial charge in [-0.05, 0) is 6.92 Å². The number of hydrogen-bond donors (Lipinski definition) is 3. The van der Waals surface area contributed by atoms with Crippen molar-refractivity contribution >= 4 is 23.2 Å². The van der Waals surface area contributed by atoms with Crippen molar-refractivity contribution in [3.63, 3.8) is 0 Å². The number of nitrogens with zero attached hydrogens (tertiary/aromatic N) is 2. The smallest absolute Gasteiger partial charge is 0.347 e. The van der Waals surface area contributed by atoms with Crippen LogP contribution < -0.4 is 10.9 Å². The summed E-state index contributed by atoms with van der Waals surface area (Å²) in [6.07, 6.45) is 2.21. The van der Waals surface area contributed by atoms with Crippen LogP contribution in [0.3, 0.4) is 0 Å². The third kappa shape index (κ3) is 3.06. The quantitative estimate of drug-likeness (QED) is 0.737. The Morgan fingerprint density at radius 2 is 2.25 bits per heavy atom. The van der Waals surface area contributed by atoms with Gasteiger partial charge in [-0.25, -0.2) is 14.8 Å². The molecular weight excluding hydrogens is 284 g/mol. The zero-order valence-corrected chi connectivity index (χ0v) is 11.2. The molecule has 0 spiro atoms. The lowest BCUT2D eigenvalue weighted by Crippen LogP contribution is -2.25. The zero-order valence-electron chi connectivity index (χ0n) is 10.3. The summed E-state index contributed by atoms with van der Waals surface area (Å²) in [5.74, 6) is -1.52. The second-order valence-corrected chi connectivity index (χ2v) is 4.89. The molecule has 0 aliphatic carbocycles. The fourth-order valence-corrected chi connectivity index (χ4v) is 2.28. The second kappa shape index (κ2) is 5.61. The minimum Gasteiger partial charge on any atom is -0.477 e. The van der Waals surface area contributed by atoms with E-state index in [1.165, 1.54) is 6.20 Å². The monoisotopic (exact) mass is 294 g/mol. The summed E-state index contributed by atoms with van der Waals surface area (Å²) in [5.41, 5.74) is 0.0773. The van der Waals surface area contributed by atoms with E-state index in [2.05, 4.69) is 20.3 Å². The van der Waals surface area contributed by atoms with E-state index in [9.17, 15) is 14.4 Å². The van der Waals surface area contributed by atoms with E-state index >= 15 is 0 Å². The van der Waals surface area contributed by atoms with Gasteiger partial charge in [0.15, 0.2) is 0 Å². The van der Waals surface area contributed by atoms with Gasteiger partial charge in [-0.2, -0.15) is 0 Å². The molecule has 2 heterocycles. The maximum Gasteiger partial charge on any atom is 0.347 e. The highest BCUT2D eigenvalue weighted by molar-refractivity contribution is 7.13. The first-order valence-corrected chi connectivity index (χ1v) is 6.31. The van der Waals surface area contributed by atoms with E-state index in [0.29, 0.717) is 10.7 Å². The summed E-state index contributed by atoms with van der Waals surface area (Å²) in [5, 5.41) is 11.9. The number of hydrogen-bond acceptors (Lipinski definition) is 6. The number of carboxylic acid groups (broad SMARTS) is 1.